The minimum Gasteiger partial charge on any atom is -0.273 e. The Morgan fingerprint density at radius 2 is 2.23 bits per heavy atom. The van der Waals surface area contributed by atoms with Gasteiger partial charge in [-0.05, 0) is 13.3 Å². The third-order valence-corrected chi connectivity index (χ3v) is 4.34. The van der Waals surface area contributed by atoms with Gasteiger partial charge in [-0.2, -0.15) is 0 Å². The molecule has 0 saturated carbocycles. The molecule has 2 atom stereocenters. The first-order valence-electron chi connectivity index (χ1n) is 4.30. The van der Waals surface area contributed by atoms with Gasteiger partial charge in [-0.3, -0.25) is 4.79 Å². The van der Waals surface area contributed by atoms with Gasteiger partial charge in [-0.15, -0.1) is 0 Å². The van der Waals surface area contributed by atoms with E-state index < -0.39 is 10.0 Å². The highest BCUT2D eigenvalue weighted by Crippen LogP contribution is 2.34. The highest BCUT2D eigenvalue weighted by molar-refractivity contribution is 7.89. The average molecular weight is 201 g/mol. The lowest BCUT2D eigenvalue weighted by Crippen LogP contribution is -2.40. The Balaban J connectivity index is 2.38. The first kappa shape index (κ1) is 8.74. The van der Waals surface area contributed by atoms with Crippen molar-refractivity contribution >= 4 is 15.9 Å². The molecule has 0 radical (unpaired) electrons. The quantitative estimate of drug-likeness (QED) is 0.596. The average Bonchev–Trinajstić information content (AvgIpc) is 2.63. The molecule has 0 aromatic rings. The molecule has 1 saturated heterocycles. The Labute approximate surface area is 77.3 Å². The zero-order valence-electron chi connectivity index (χ0n) is 7.30. The summed E-state index contributed by atoms with van der Waals surface area (Å²) in [4.78, 5) is 11.5. The van der Waals surface area contributed by atoms with Crippen LogP contribution < -0.4 is 0 Å². The molecule has 0 N–H and O–H groups in total. The summed E-state index contributed by atoms with van der Waals surface area (Å²) in [5.41, 5.74) is 0. The highest BCUT2D eigenvalue weighted by atomic mass is 32.2. The second-order valence-corrected chi connectivity index (χ2v) is 5.46. The summed E-state index contributed by atoms with van der Waals surface area (Å²) in [5, 5.41) is 0. The Hall–Kier alpha value is -0.840. The van der Waals surface area contributed by atoms with Crippen molar-refractivity contribution in [3.8, 4) is 0 Å². The van der Waals surface area contributed by atoms with Crippen LogP contribution in [0.2, 0.25) is 0 Å². The number of sulfonamides is 1. The number of amides is 1. The van der Waals surface area contributed by atoms with Crippen molar-refractivity contribution < 1.29 is 13.2 Å². The van der Waals surface area contributed by atoms with Gasteiger partial charge < -0.3 is 0 Å². The van der Waals surface area contributed by atoms with Gasteiger partial charge in [0.25, 0.3) is 0 Å². The third-order valence-electron chi connectivity index (χ3n) is 2.56. The second-order valence-electron chi connectivity index (χ2n) is 3.33. The summed E-state index contributed by atoms with van der Waals surface area (Å²) < 4.78 is 24.0. The normalized spacial score (nSPS) is 31.8. The van der Waals surface area contributed by atoms with Crippen LogP contribution in [0.5, 0.6) is 0 Å². The Kier molecular flexibility index (Phi) is 1.73. The number of fused-ring (bicyclic) bond motifs is 2. The molecule has 13 heavy (non-hydrogen) atoms. The van der Waals surface area contributed by atoms with Gasteiger partial charge in [-0.25, -0.2) is 12.7 Å². The second kappa shape index (κ2) is 2.57. The van der Waals surface area contributed by atoms with Gasteiger partial charge in [-0.1, -0.05) is 12.2 Å². The molecular weight excluding hydrogens is 190 g/mol. The van der Waals surface area contributed by atoms with Crippen molar-refractivity contribution in [2.45, 2.75) is 19.4 Å². The predicted octanol–water partition coefficient (Wildman–Crippen LogP) is 0.123. The standard InChI is InChI=1S/C8H11NO3S/c1-2-13(11,12)9-7-4-3-6(5-7)8(9)10/h3-4,6-7H,2,5H2,1H3. The van der Waals surface area contributed by atoms with E-state index in [1.54, 1.807) is 19.1 Å². The lowest BCUT2D eigenvalue weighted by Gasteiger charge is -2.22. The molecule has 1 heterocycles. The van der Waals surface area contributed by atoms with E-state index in [-0.39, 0.29) is 23.6 Å². The van der Waals surface area contributed by atoms with Gasteiger partial charge >= 0.3 is 0 Å². The lowest BCUT2D eigenvalue weighted by molar-refractivity contribution is -0.126. The van der Waals surface area contributed by atoms with Crippen LogP contribution in [0.3, 0.4) is 0 Å². The van der Waals surface area contributed by atoms with E-state index >= 15 is 0 Å². The smallest absolute Gasteiger partial charge is 0.243 e. The summed E-state index contributed by atoms with van der Waals surface area (Å²) in [7, 11) is -3.35. The number of rotatable bonds is 2. The van der Waals surface area contributed by atoms with E-state index in [0.717, 1.165) is 4.31 Å². The van der Waals surface area contributed by atoms with Crippen molar-refractivity contribution in [3.05, 3.63) is 12.2 Å². The van der Waals surface area contributed by atoms with Gasteiger partial charge in [0.2, 0.25) is 15.9 Å². The monoisotopic (exact) mass is 201 g/mol. The molecule has 0 aromatic heterocycles. The predicted molar refractivity (Wildman–Crippen MR) is 47.3 cm³/mol. The van der Waals surface area contributed by atoms with Gasteiger partial charge in [0, 0.05) is 0 Å². The van der Waals surface area contributed by atoms with Crippen LogP contribution in [0.15, 0.2) is 12.2 Å². The van der Waals surface area contributed by atoms with Crippen LogP contribution in [0.25, 0.3) is 0 Å². The van der Waals surface area contributed by atoms with E-state index in [1.807, 2.05) is 0 Å². The fraction of sp³-hybridized carbons (Fsp3) is 0.625. The maximum Gasteiger partial charge on any atom is 0.243 e. The Bertz CT molecular complexity index is 371. The molecule has 1 aliphatic carbocycles. The van der Waals surface area contributed by atoms with Crippen molar-refractivity contribution in [3.63, 3.8) is 0 Å². The van der Waals surface area contributed by atoms with Crippen LogP contribution in [0.1, 0.15) is 13.3 Å². The zero-order chi connectivity index (χ0) is 9.64. The lowest BCUT2D eigenvalue weighted by atomic mass is 10.1. The highest BCUT2D eigenvalue weighted by Gasteiger charge is 2.46. The molecule has 4 nitrogen and oxygen atoms in total. The van der Waals surface area contributed by atoms with Crippen LogP contribution in [-0.4, -0.2) is 30.4 Å². The maximum atomic E-state index is 11.5. The molecule has 0 spiro atoms. The summed E-state index contributed by atoms with van der Waals surface area (Å²) in [6, 6.07) is -0.206. The van der Waals surface area contributed by atoms with E-state index in [9.17, 15) is 13.2 Å². The third kappa shape index (κ3) is 1.10. The number of hydrogen-bond donors (Lipinski definition) is 0. The van der Waals surface area contributed by atoms with Crippen molar-refractivity contribution in [2.24, 2.45) is 5.92 Å². The first-order chi connectivity index (χ1) is 6.06. The van der Waals surface area contributed by atoms with E-state index in [1.165, 1.54) is 0 Å². The molecule has 72 valence electrons. The summed E-state index contributed by atoms with van der Waals surface area (Å²) in [5.74, 6) is -0.448. The van der Waals surface area contributed by atoms with Crippen molar-refractivity contribution in [2.75, 3.05) is 5.75 Å². The molecule has 2 unspecified atom stereocenters. The van der Waals surface area contributed by atoms with Gasteiger partial charge in [0.15, 0.2) is 0 Å². The van der Waals surface area contributed by atoms with Crippen LogP contribution >= 0.6 is 0 Å². The number of carbonyl (C=O) groups is 1. The Morgan fingerprint density at radius 3 is 2.69 bits per heavy atom. The number of hydrogen-bond acceptors (Lipinski definition) is 3. The van der Waals surface area contributed by atoms with Crippen molar-refractivity contribution in [1.29, 1.82) is 0 Å². The maximum absolute atomic E-state index is 11.5. The Morgan fingerprint density at radius 1 is 1.54 bits per heavy atom. The summed E-state index contributed by atoms with van der Waals surface area (Å²) >= 11 is 0. The van der Waals surface area contributed by atoms with Gasteiger partial charge in [0.05, 0.1) is 17.7 Å². The zero-order valence-corrected chi connectivity index (χ0v) is 8.12. The fourth-order valence-electron chi connectivity index (χ4n) is 1.85. The van der Waals surface area contributed by atoms with Crippen molar-refractivity contribution in [1.82, 2.24) is 4.31 Å². The van der Waals surface area contributed by atoms with Crippen LogP contribution in [0.4, 0.5) is 0 Å². The molecule has 2 rings (SSSR count). The fourth-order valence-corrected chi connectivity index (χ4v) is 3.10. The molecule has 1 amide bonds. The molecule has 0 aromatic carbocycles. The molecule has 1 aliphatic heterocycles. The molecule has 2 aliphatic rings. The summed E-state index contributed by atoms with van der Waals surface area (Å²) in [6.07, 6.45) is 4.24. The minimum atomic E-state index is -3.35. The van der Waals surface area contributed by atoms with E-state index in [4.69, 9.17) is 0 Å². The van der Waals surface area contributed by atoms with Gasteiger partial charge in [0.1, 0.15) is 0 Å². The summed E-state index contributed by atoms with van der Waals surface area (Å²) in [6.45, 7) is 1.55. The number of carbonyl (C=O) groups excluding carboxylic acids is 1. The van der Waals surface area contributed by atoms with Crippen LogP contribution in [0, 0.1) is 5.92 Å². The molecule has 1 fully saturated rings. The largest absolute Gasteiger partial charge is 0.273 e. The number of nitrogens with zero attached hydrogens (tertiary/aromatic N) is 1. The first-order valence-corrected chi connectivity index (χ1v) is 5.91. The molecule has 2 bridgehead atoms. The van der Waals surface area contributed by atoms with E-state index in [0.29, 0.717) is 6.42 Å². The minimum absolute atomic E-state index is 0.00417. The molecular formula is C8H11NO3S. The molecule has 5 heteroatoms. The SMILES string of the molecule is CCS(=O)(=O)N1C(=O)C2C=CC1C2. The van der Waals surface area contributed by atoms with E-state index in [2.05, 4.69) is 0 Å². The topological polar surface area (TPSA) is 54.5 Å². The van der Waals surface area contributed by atoms with Crippen LogP contribution in [-0.2, 0) is 14.8 Å².